The van der Waals surface area contributed by atoms with Crippen LogP contribution in [0.1, 0.15) is 0 Å². The van der Waals surface area contributed by atoms with Gasteiger partial charge in [0.1, 0.15) is 23.5 Å². The normalized spacial score (nSPS) is 10.7. The summed E-state index contributed by atoms with van der Waals surface area (Å²) in [5.74, 6) is -0.642. The lowest BCUT2D eigenvalue weighted by atomic mass is 10.1. The van der Waals surface area contributed by atoms with Crippen molar-refractivity contribution in [2.75, 3.05) is 0 Å². The summed E-state index contributed by atoms with van der Waals surface area (Å²) >= 11 is 0. The van der Waals surface area contributed by atoms with Crippen LogP contribution in [-0.4, -0.2) is 15.1 Å². The number of aromatic hydroxyl groups is 1. The molecule has 0 saturated carbocycles. The molecule has 0 spiro atoms. The van der Waals surface area contributed by atoms with Crippen LogP contribution in [0, 0.1) is 5.82 Å². The van der Waals surface area contributed by atoms with Crippen molar-refractivity contribution >= 4 is 0 Å². The fourth-order valence-corrected chi connectivity index (χ4v) is 1.87. The van der Waals surface area contributed by atoms with Crippen molar-refractivity contribution in [2.45, 2.75) is 0 Å². The number of nitrogens with zero attached hydrogens (tertiary/aromatic N) is 1. The summed E-state index contributed by atoms with van der Waals surface area (Å²) in [7, 11) is 0. The number of aromatic nitrogens is 2. The summed E-state index contributed by atoms with van der Waals surface area (Å²) in [5.41, 5.74) is 0.414. The fourth-order valence-electron chi connectivity index (χ4n) is 1.87. The number of nitrogens with one attached hydrogen (secondary N) is 1. The maximum atomic E-state index is 12.9. The number of hydrogen-bond acceptors (Lipinski definition) is 4. The molecule has 0 bridgehead atoms. The van der Waals surface area contributed by atoms with Gasteiger partial charge >= 0.3 is 0 Å². The van der Waals surface area contributed by atoms with Crippen LogP contribution in [0.4, 0.5) is 4.39 Å². The van der Waals surface area contributed by atoms with E-state index in [4.69, 9.17) is 4.42 Å². The van der Waals surface area contributed by atoms with Crippen molar-refractivity contribution in [3.63, 3.8) is 0 Å². The maximum Gasteiger partial charge on any atom is 0.262 e. The Hall–Kier alpha value is -2.89. The number of benzene rings is 1. The molecule has 2 heterocycles. The van der Waals surface area contributed by atoms with E-state index in [1.807, 2.05) is 0 Å². The van der Waals surface area contributed by atoms with Crippen LogP contribution in [0.3, 0.4) is 0 Å². The summed E-state index contributed by atoms with van der Waals surface area (Å²) in [4.78, 5) is 18.5. The van der Waals surface area contributed by atoms with Gasteiger partial charge in [-0.2, -0.15) is 4.98 Å². The predicted molar refractivity (Wildman–Crippen MR) is 69.6 cm³/mol. The maximum absolute atomic E-state index is 12.9. The molecule has 3 aromatic rings. The zero-order valence-corrected chi connectivity index (χ0v) is 10.1. The third kappa shape index (κ3) is 2.07. The average molecular weight is 272 g/mol. The minimum absolute atomic E-state index is 0.00255. The lowest BCUT2D eigenvalue weighted by Crippen LogP contribution is -2.11. The van der Waals surface area contributed by atoms with Crippen molar-refractivity contribution in [1.82, 2.24) is 9.97 Å². The molecule has 0 radical (unpaired) electrons. The molecule has 5 nitrogen and oxygen atoms in total. The smallest absolute Gasteiger partial charge is 0.262 e. The second-order valence-electron chi connectivity index (χ2n) is 4.13. The van der Waals surface area contributed by atoms with Gasteiger partial charge in [0, 0.05) is 0 Å². The zero-order valence-electron chi connectivity index (χ0n) is 10.1. The molecule has 3 rings (SSSR count). The van der Waals surface area contributed by atoms with Crippen LogP contribution >= 0.6 is 0 Å². The highest BCUT2D eigenvalue weighted by atomic mass is 19.1. The van der Waals surface area contributed by atoms with Gasteiger partial charge in [-0.05, 0) is 23.8 Å². The zero-order chi connectivity index (χ0) is 14.1. The molecule has 0 unspecified atom stereocenters. The predicted octanol–water partition coefficient (Wildman–Crippen LogP) is 2.54. The van der Waals surface area contributed by atoms with Crippen molar-refractivity contribution in [3.05, 3.63) is 59.0 Å². The minimum Gasteiger partial charge on any atom is -0.493 e. The van der Waals surface area contributed by atoms with E-state index in [0.29, 0.717) is 11.1 Å². The molecule has 0 fully saturated rings. The number of hydrogen-bond donors (Lipinski definition) is 2. The van der Waals surface area contributed by atoms with Crippen LogP contribution in [0.25, 0.3) is 22.5 Å². The van der Waals surface area contributed by atoms with Gasteiger partial charge in [-0.1, -0.05) is 12.1 Å². The molecule has 2 aromatic heterocycles. The topological polar surface area (TPSA) is 79.1 Å². The lowest BCUT2D eigenvalue weighted by molar-refractivity contribution is 0.454. The van der Waals surface area contributed by atoms with Gasteiger partial charge < -0.3 is 14.5 Å². The van der Waals surface area contributed by atoms with Crippen molar-refractivity contribution in [3.8, 4) is 28.4 Å². The summed E-state index contributed by atoms with van der Waals surface area (Å²) in [6, 6.07) is 6.82. The molecule has 20 heavy (non-hydrogen) atoms. The first kappa shape index (κ1) is 12.2. The van der Waals surface area contributed by atoms with Crippen LogP contribution < -0.4 is 5.56 Å². The van der Waals surface area contributed by atoms with E-state index in [1.54, 1.807) is 6.07 Å². The molecule has 0 aliphatic carbocycles. The number of rotatable bonds is 2. The highest BCUT2D eigenvalue weighted by Gasteiger charge is 2.14. The quantitative estimate of drug-likeness (QED) is 0.751. The summed E-state index contributed by atoms with van der Waals surface area (Å²) in [6.07, 6.45) is 2.83. The van der Waals surface area contributed by atoms with Gasteiger partial charge in [-0.15, -0.1) is 0 Å². The van der Waals surface area contributed by atoms with E-state index >= 15 is 0 Å². The fraction of sp³-hybridized carbons (Fsp3) is 0. The van der Waals surface area contributed by atoms with E-state index < -0.39 is 17.3 Å². The Morgan fingerprint density at radius 2 is 1.90 bits per heavy atom. The lowest BCUT2D eigenvalue weighted by Gasteiger charge is -2.05. The summed E-state index contributed by atoms with van der Waals surface area (Å²) in [5, 5.41) is 9.94. The first-order valence-corrected chi connectivity index (χ1v) is 5.77. The van der Waals surface area contributed by atoms with Crippen LogP contribution in [0.2, 0.25) is 0 Å². The van der Waals surface area contributed by atoms with E-state index in [9.17, 15) is 14.3 Å². The third-order valence-electron chi connectivity index (χ3n) is 2.83. The molecular formula is C14H9FN2O3. The SMILES string of the molecule is O=c1[nH]c(-c2ccoc2)nc(O)c1-c1ccc(F)cc1. The molecule has 0 amide bonds. The molecule has 0 aliphatic rings. The Kier molecular flexibility index (Phi) is 2.83. The Bertz CT molecular complexity index is 792. The van der Waals surface area contributed by atoms with Crippen molar-refractivity contribution in [2.24, 2.45) is 0 Å². The van der Waals surface area contributed by atoms with Crippen molar-refractivity contribution in [1.29, 1.82) is 0 Å². The Labute approximate surface area is 112 Å². The van der Waals surface area contributed by atoms with Gasteiger partial charge in [0.15, 0.2) is 0 Å². The second-order valence-corrected chi connectivity index (χ2v) is 4.13. The van der Waals surface area contributed by atoms with Gasteiger partial charge in [-0.25, -0.2) is 4.39 Å². The Balaban J connectivity index is 2.14. The average Bonchev–Trinajstić information content (AvgIpc) is 2.94. The molecule has 0 atom stereocenters. The number of H-pyrrole nitrogens is 1. The van der Waals surface area contributed by atoms with Gasteiger partial charge in [-0.3, -0.25) is 4.79 Å². The molecule has 1 aromatic carbocycles. The van der Waals surface area contributed by atoms with Crippen LogP contribution in [0.15, 0.2) is 52.1 Å². The van der Waals surface area contributed by atoms with Crippen molar-refractivity contribution < 1.29 is 13.9 Å². The standard InChI is InChI=1S/C14H9FN2O3/c15-10-3-1-8(2-4-10)11-13(18)16-12(17-14(11)19)9-5-6-20-7-9/h1-7H,(H2,16,17,18,19). The molecule has 6 heteroatoms. The molecule has 0 saturated heterocycles. The molecule has 2 N–H and O–H groups in total. The van der Waals surface area contributed by atoms with Gasteiger partial charge in [0.25, 0.3) is 5.56 Å². The highest BCUT2D eigenvalue weighted by Crippen LogP contribution is 2.25. The second kappa shape index (κ2) is 4.65. The largest absolute Gasteiger partial charge is 0.493 e. The molecule has 100 valence electrons. The Morgan fingerprint density at radius 3 is 2.50 bits per heavy atom. The summed E-state index contributed by atoms with van der Waals surface area (Å²) in [6.45, 7) is 0. The first-order chi connectivity index (χ1) is 9.65. The third-order valence-corrected chi connectivity index (χ3v) is 2.83. The Morgan fingerprint density at radius 1 is 1.15 bits per heavy atom. The number of halogens is 1. The molecule has 0 aliphatic heterocycles. The number of furan rings is 1. The summed E-state index contributed by atoms with van der Waals surface area (Å²) < 4.78 is 17.8. The van der Waals surface area contributed by atoms with E-state index in [1.165, 1.54) is 36.8 Å². The minimum atomic E-state index is -0.514. The van der Waals surface area contributed by atoms with E-state index in [0.717, 1.165) is 0 Å². The van der Waals surface area contributed by atoms with E-state index in [2.05, 4.69) is 9.97 Å². The molecular weight excluding hydrogens is 263 g/mol. The monoisotopic (exact) mass is 272 g/mol. The highest BCUT2D eigenvalue weighted by molar-refractivity contribution is 5.68. The van der Waals surface area contributed by atoms with Gasteiger partial charge in [0.05, 0.1) is 11.8 Å². The van der Waals surface area contributed by atoms with E-state index in [-0.39, 0.29) is 11.4 Å². The van der Waals surface area contributed by atoms with Gasteiger partial charge in [0.2, 0.25) is 5.88 Å². The van der Waals surface area contributed by atoms with Crippen LogP contribution in [0.5, 0.6) is 5.88 Å². The number of aromatic amines is 1. The first-order valence-electron chi connectivity index (χ1n) is 5.77. The van der Waals surface area contributed by atoms with Crippen LogP contribution in [-0.2, 0) is 0 Å².